The molecule has 0 aromatic heterocycles. The first kappa shape index (κ1) is 18.7. The molecule has 0 spiro atoms. The quantitative estimate of drug-likeness (QED) is 0.581. The maximum atomic E-state index is 12.4. The molecular formula is C22H22ClNO4. The Bertz CT molecular complexity index is 956. The van der Waals surface area contributed by atoms with Crippen LogP contribution in [0.5, 0.6) is 11.5 Å². The number of esters is 1. The SMILES string of the molecule is COC(=O)c1ccc(Cl)c2c1[C@@H]1C=CC[C@@H]1[C@@H](c1cccc(OC)c1OC)N2. The molecule has 0 unspecified atom stereocenters. The summed E-state index contributed by atoms with van der Waals surface area (Å²) in [6, 6.07) is 9.31. The van der Waals surface area contributed by atoms with Crippen molar-refractivity contribution in [2.24, 2.45) is 5.92 Å². The lowest BCUT2D eigenvalue weighted by molar-refractivity contribution is 0.0598. The molecule has 2 aromatic rings. The summed E-state index contributed by atoms with van der Waals surface area (Å²) in [5.74, 6) is 1.31. The summed E-state index contributed by atoms with van der Waals surface area (Å²) in [7, 11) is 4.67. The van der Waals surface area contributed by atoms with Crippen LogP contribution in [0.1, 0.15) is 39.9 Å². The zero-order valence-corrected chi connectivity index (χ0v) is 16.7. The normalized spacial score (nSPS) is 22.1. The molecule has 0 saturated carbocycles. The fourth-order valence-corrected chi connectivity index (χ4v) is 4.65. The van der Waals surface area contributed by atoms with E-state index in [2.05, 4.69) is 17.5 Å². The number of nitrogens with one attached hydrogen (secondary N) is 1. The number of anilines is 1. The van der Waals surface area contributed by atoms with E-state index in [-0.39, 0.29) is 23.8 Å². The number of hydrogen-bond donors (Lipinski definition) is 1. The third-order valence-corrected chi connectivity index (χ3v) is 5.96. The van der Waals surface area contributed by atoms with Gasteiger partial charge in [-0.3, -0.25) is 0 Å². The van der Waals surface area contributed by atoms with E-state index in [0.29, 0.717) is 22.1 Å². The number of halogens is 1. The second-order valence-electron chi connectivity index (χ2n) is 6.93. The Morgan fingerprint density at radius 3 is 2.68 bits per heavy atom. The number of hydrogen-bond acceptors (Lipinski definition) is 5. The van der Waals surface area contributed by atoms with Gasteiger partial charge in [0.1, 0.15) is 0 Å². The minimum atomic E-state index is -0.355. The maximum absolute atomic E-state index is 12.4. The predicted molar refractivity (Wildman–Crippen MR) is 109 cm³/mol. The summed E-state index contributed by atoms with van der Waals surface area (Å²) < 4.78 is 16.2. The van der Waals surface area contributed by atoms with Gasteiger partial charge in [0.25, 0.3) is 0 Å². The van der Waals surface area contributed by atoms with Crippen molar-refractivity contribution >= 4 is 23.3 Å². The largest absolute Gasteiger partial charge is 0.493 e. The number of carbonyl (C=O) groups excluding carboxylic acids is 1. The smallest absolute Gasteiger partial charge is 0.338 e. The molecule has 4 rings (SSSR count). The molecule has 0 radical (unpaired) electrons. The van der Waals surface area contributed by atoms with Crippen molar-refractivity contribution in [3.8, 4) is 11.5 Å². The fraction of sp³-hybridized carbons (Fsp3) is 0.318. The molecule has 3 atom stereocenters. The average Bonchev–Trinajstić information content (AvgIpc) is 3.22. The molecule has 6 heteroatoms. The van der Waals surface area contributed by atoms with Crippen molar-refractivity contribution in [3.05, 3.63) is 64.2 Å². The van der Waals surface area contributed by atoms with Crippen LogP contribution in [0, 0.1) is 5.92 Å². The van der Waals surface area contributed by atoms with E-state index in [0.717, 1.165) is 23.2 Å². The van der Waals surface area contributed by atoms with E-state index in [1.165, 1.54) is 7.11 Å². The van der Waals surface area contributed by atoms with E-state index in [1.54, 1.807) is 26.4 Å². The van der Waals surface area contributed by atoms with Crippen molar-refractivity contribution in [3.63, 3.8) is 0 Å². The van der Waals surface area contributed by atoms with E-state index in [4.69, 9.17) is 25.8 Å². The third kappa shape index (κ3) is 2.81. The predicted octanol–water partition coefficient (Wildman–Crippen LogP) is 4.97. The number of para-hydroxylation sites is 1. The van der Waals surface area contributed by atoms with Gasteiger partial charge in [0.15, 0.2) is 11.5 Å². The molecule has 0 fully saturated rings. The van der Waals surface area contributed by atoms with Crippen LogP contribution in [0.4, 0.5) is 5.69 Å². The highest BCUT2D eigenvalue weighted by atomic mass is 35.5. The minimum absolute atomic E-state index is 0.0389. The number of fused-ring (bicyclic) bond motifs is 3. The molecule has 0 amide bonds. The lowest BCUT2D eigenvalue weighted by Crippen LogP contribution is -2.31. The fourth-order valence-electron chi connectivity index (χ4n) is 4.43. The van der Waals surface area contributed by atoms with Gasteiger partial charge in [-0.15, -0.1) is 0 Å². The van der Waals surface area contributed by atoms with Gasteiger partial charge < -0.3 is 19.5 Å². The summed E-state index contributed by atoms with van der Waals surface area (Å²) in [6.07, 6.45) is 5.20. The van der Waals surface area contributed by atoms with E-state index in [9.17, 15) is 4.79 Å². The minimum Gasteiger partial charge on any atom is -0.493 e. The number of rotatable bonds is 4. The van der Waals surface area contributed by atoms with Crippen LogP contribution in [0.25, 0.3) is 0 Å². The van der Waals surface area contributed by atoms with Gasteiger partial charge in [0, 0.05) is 11.5 Å². The Labute approximate surface area is 169 Å². The van der Waals surface area contributed by atoms with Gasteiger partial charge in [-0.1, -0.05) is 35.9 Å². The molecule has 146 valence electrons. The van der Waals surface area contributed by atoms with Gasteiger partial charge in [0.2, 0.25) is 0 Å². The molecular weight excluding hydrogens is 378 g/mol. The van der Waals surface area contributed by atoms with Crippen LogP contribution in [0.15, 0.2) is 42.5 Å². The van der Waals surface area contributed by atoms with Crippen molar-refractivity contribution < 1.29 is 19.0 Å². The zero-order chi connectivity index (χ0) is 19.8. The van der Waals surface area contributed by atoms with Crippen LogP contribution >= 0.6 is 11.6 Å². The number of benzene rings is 2. The monoisotopic (exact) mass is 399 g/mol. The van der Waals surface area contributed by atoms with Crippen molar-refractivity contribution in [2.45, 2.75) is 18.4 Å². The van der Waals surface area contributed by atoms with Gasteiger partial charge in [0.05, 0.1) is 43.6 Å². The second-order valence-corrected chi connectivity index (χ2v) is 7.34. The first-order valence-electron chi connectivity index (χ1n) is 9.15. The molecule has 1 aliphatic heterocycles. The van der Waals surface area contributed by atoms with Gasteiger partial charge in [-0.05, 0) is 36.1 Å². The van der Waals surface area contributed by atoms with Crippen molar-refractivity contribution in [1.82, 2.24) is 0 Å². The lowest BCUT2D eigenvalue weighted by Gasteiger charge is -2.39. The molecule has 2 aliphatic rings. The zero-order valence-electron chi connectivity index (χ0n) is 16.0. The van der Waals surface area contributed by atoms with E-state index in [1.807, 2.05) is 18.2 Å². The first-order valence-corrected chi connectivity index (χ1v) is 9.53. The Morgan fingerprint density at radius 2 is 1.96 bits per heavy atom. The molecule has 5 nitrogen and oxygen atoms in total. The summed E-state index contributed by atoms with van der Waals surface area (Å²) >= 11 is 6.54. The van der Waals surface area contributed by atoms with Gasteiger partial charge in [-0.2, -0.15) is 0 Å². The van der Waals surface area contributed by atoms with Crippen LogP contribution < -0.4 is 14.8 Å². The number of allylic oxidation sites excluding steroid dienone is 2. The number of methoxy groups -OCH3 is 3. The highest BCUT2D eigenvalue weighted by Gasteiger charge is 2.42. The highest BCUT2D eigenvalue weighted by molar-refractivity contribution is 6.33. The van der Waals surface area contributed by atoms with Crippen molar-refractivity contribution in [2.75, 3.05) is 26.6 Å². The summed E-state index contributed by atoms with van der Waals surface area (Å²) in [4.78, 5) is 12.4. The Balaban J connectivity index is 1.88. The second kappa shape index (κ2) is 7.40. The topological polar surface area (TPSA) is 56.8 Å². The maximum Gasteiger partial charge on any atom is 0.338 e. The third-order valence-electron chi connectivity index (χ3n) is 5.64. The van der Waals surface area contributed by atoms with E-state index >= 15 is 0 Å². The lowest BCUT2D eigenvalue weighted by atomic mass is 9.75. The molecule has 0 bridgehead atoms. The Hall–Kier alpha value is -2.66. The summed E-state index contributed by atoms with van der Waals surface area (Å²) in [5, 5.41) is 4.16. The van der Waals surface area contributed by atoms with Gasteiger partial charge >= 0.3 is 5.97 Å². The molecule has 1 aliphatic carbocycles. The van der Waals surface area contributed by atoms with Crippen LogP contribution in [-0.4, -0.2) is 27.3 Å². The highest BCUT2D eigenvalue weighted by Crippen LogP contribution is 2.54. The van der Waals surface area contributed by atoms with Crippen LogP contribution in [-0.2, 0) is 4.74 Å². The number of ether oxygens (including phenoxy) is 3. The van der Waals surface area contributed by atoms with E-state index < -0.39 is 0 Å². The molecule has 2 aromatic carbocycles. The Morgan fingerprint density at radius 1 is 1.14 bits per heavy atom. The standard InChI is InChI=1S/C22H22ClNO4/c1-26-17-9-5-8-15(21(17)27-2)19-13-7-4-6-12(13)18-14(22(25)28-3)10-11-16(23)20(18)24-19/h4-6,8-13,19,24H,7H2,1-3H3/t12-,13+,19+/m1/s1. The van der Waals surface area contributed by atoms with Crippen LogP contribution in [0.3, 0.4) is 0 Å². The summed E-state index contributed by atoms with van der Waals surface area (Å²) in [6.45, 7) is 0. The summed E-state index contributed by atoms with van der Waals surface area (Å²) in [5.41, 5.74) is 3.22. The molecule has 1 N–H and O–H groups in total. The Kier molecular flexibility index (Phi) is 4.94. The first-order chi connectivity index (χ1) is 13.6. The number of carbonyl (C=O) groups is 1. The molecule has 1 heterocycles. The molecule has 0 saturated heterocycles. The molecule has 28 heavy (non-hydrogen) atoms. The van der Waals surface area contributed by atoms with Crippen LogP contribution in [0.2, 0.25) is 5.02 Å². The van der Waals surface area contributed by atoms with Gasteiger partial charge in [-0.25, -0.2) is 4.79 Å². The van der Waals surface area contributed by atoms with Crippen molar-refractivity contribution in [1.29, 1.82) is 0 Å². The average molecular weight is 400 g/mol.